The summed E-state index contributed by atoms with van der Waals surface area (Å²) in [5.41, 5.74) is 3.43. The Bertz CT molecular complexity index is 821. The molecule has 1 aromatic heterocycles. The topological polar surface area (TPSA) is 51.2 Å². The minimum absolute atomic E-state index is 0.0639. The van der Waals surface area contributed by atoms with Crippen LogP contribution in [0.2, 0.25) is 5.02 Å². The van der Waals surface area contributed by atoms with Crippen LogP contribution in [0.15, 0.2) is 23.1 Å². The average Bonchev–Trinajstić information content (AvgIpc) is 3.17. The van der Waals surface area contributed by atoms with E-state index in [2.05, 4.69) is 5.32 Å². The van der Waals surface area contributed by atoms with E-state index < -0.39 is 0 Å². The van der Waals surface area contributed by atoms with Crippen LogP contribution in [-0.4, -0.2) is 35.9 Å². The first kappa shape index (κ1) is 18.1. The predicted octanol–water partition coefficient (Wildman–Crippen LogP) is 4.15. The molecule has 1 aliphatic heterocycles. The second kappa shape index (κ2) is 8.15. The maximum absolute atomic E-state index is 12.3. The average molecular weight is 391 g/mol. The number of aromatic nitrogens is 1. The number of aryl methyl sites for hydroxylation is 1. The third-order valence-corrected chi connectivity index (χ3v) is 6.47. The third kappa shape index (κ3) is 4.00. The van der Waals surface area contributed by atoms with E-state index in [1.54, 1.807) is 11.8 Å². The van der Waals surface area contributed by atoms with Crippen LogP contribution >= 0.6 is 23.4 Å². The van der Waals surface area contributed by atoms with Gasteiger partial charge < -0.3 is 10.1 Å². The van der Waals surface area contributed by atoms with Crippen molar-refractivity contribution in [2.24, 2.45) is 0 Å². The second-order valence-corrected chi connectivity index (χ2v) is 8.38. The number of nitrogens with zero attached hydrogens (tertiary/aromatic N) is 1. The van der Waals surface area contributed by atoms with E-state index in [1.165, 1.54) is 29.0 Å². The monoisotopic (exact) mass is 390 g/mol. The number of rotatable bonds is 5. The normalized spacial score (nSPS) is 19.5. The summed E-state index contributed by atoms with van der Waals surface area (Å²) < 4.78 is 5.57. The lowest BCUT2D eigenvalue weighted by Gasteiger charge is -2.20. The summed E-state index contributed by atoms with van der Waals surface area (Å²) in [5.74, 6) is 0.481. The molecule has 2 aliphatic rings. The highest BCUT2D eigenvalue weighted by Gasteiger charge is 2.20. The zero-order valence-corrected chi connectivity index (χ0v) is 16.3. The smallest absolute Gasteiger partial charge is 0.230 e. The minimum Gasteiger partial charge on any atom is -0.376 e. The third-order valence-electron chi connectivity index (χ3n) is 5.07. The fourth-order valence-electron chi connectivity index (χ4n) is 3.74. The van der Waals surface area contributed by atoms with Crippen LogP contribution in [0.5, 0.6) is 0 Å². The Labute approximate surface area is 163 Å². The number of carbonyl (C=O) groups excluding carboxylic acids is 1. The SMILES string of the molecule is O=C(CSc1c2c(nc3cc(Cl)ccc13)CCCC2)NC[C@H]1CCCO1. The molecular formula is C20H23ClN2O2S. The van der Waals surface area contributed by atoms with Gasteiger partial charge >= 0.3 is 0 Å². The van der Waals surface area contributed by atoms with Gasteiger partial charge in [-0.1, -0.05) is 17.7 Å². The van der Waals surface area contributed by atoms with Gasteiger partial charge in [0.15, 0.2) is 0 Å². The maximum atomic E-state index is 12.3. The number of benzene rings is 1. The molecule has 6 heteroatoms. The fourth-order valence-corrected chi connectivity index (χ4v) is 5.01. The molecule has 1 fully saturated rings. The number of halogens is 1. The number of amides is 1. The molecule has 4 nitrogen and oxygen atoms in total. The summed E-state index contributed by atoms with van der Waals surface area (Å²) in [5, 5.41) is 4.81. The van der Waals surface area contributed by atoms with Gasteiger partial charge in [0.1, 0.15) is 0 Å². The first-order valence-corrected chi connectivity index (χ1v) is 10.7. The largest absolute Gasteiger partial charge is 0.376 e. The zero-order valence-electron chi connectivity index (χ0n) is 14.7. The molecule has 1 atom stereocenters. The van der Waals surface area contributed by atoms with Crippen LogP contribution in [0.25, 0.3) is 10.9 Å². The Morgan fingerprint density at radius 1 is 1.31 bits per heavy atom. The van der Waals surface area contributed by atoms with Gasteiger partial charge in [0.05, 0.1) is 17.4 Å². The Morgan fingerprint density at radius 2 is 2.19 bits per heavy atom. The summed E-state index contributed by atoms with van der Waals surface area (Å²) in [4.78, 5) is 18.3. The van der Waals surface area contributed by atoms with E-state index in [9.17, 15) is 4.79 Å². The summed E-state index contributed by atoms with van der Waals surface area (Å²) in [6, 6.07) is 5.86. The molecule has 26 heavy (non-hydrogen) atoms. The van der Waals surface area contributed by atoms with Gasteiger partial charge in [0.2, 0.25) is 5.91 Å². The first-order valence-electron chi connectivity index (χ1n) is 9.33. The molecule has 138 valence electrons. The number of thioether (sulfide) groups is 1. The van der Waals surface area contributed by atoms with Crippen LogP contribution in [0, 0.1) is 0 Å². The molecule has 0 unspecified atom stereocenters. The summed E-state index contributed by atoms with van der Waals surface area (Å²) in [7, 11) is 0. The quantitative estimate of drug-likeness (QED) is 0.779. The molecule has 1 saturated heterocycles. The number of hydrogen-bond donors (Lipinski definition) is 1. The van der Waals surface area contributed by atoms with Crippen molar-refractivity contribution in [2.45, 2.75) is 49.5 Å². The van der Waals surface area contributed by atoms with Crippen molar-refractivity contribution in [1.29, 1.82) is 0 Å². The Morgan fingerprint density at radius 3 is 3.04 bits per heavy atom. The standard InChI is InChI=1S/C20H23ClN2O2S/c21-13-7-8-16-18(10-13)23-17-6-2-1-5-15(17)20(16)26-12-19(24)22-11-14-4-3-9-25-14/h7-8,10,14H,1-6,9,11-12H2,(H,22,24)/t14-/m1/s1. The highest BCUT2D eigenvalue weighted by atomic mass is 35.5. The molecule has 2 aromatic rings. The molecule has 1 amide bonds. The molecule has 1 aromatic carbocycles. The summed E-state index contributed by atoms with van der Waals surface area (Å²) in [6.07, 6.45) is 6.73. The van der Waals surface area contributed by atoms with Crippen LogP contribution in [-0.2, 0) is 22.4 Å². The van der Waals surface area contributed by atoms with Gasteiger partial charge in [0.25, 0.3) is 0 Å². The fraction of sp³-hybridized carbons (Fsp3) is 0.500. The molecule has 2 heterocycles. The van der Waals surface area contributed by atoms with E-state index >= 15 is 0 Å². The second-order valence-electron chi connectivity index (χ2n) is 6.96. The van der Waals surface area contributed by atoms with E-state index in [0.717, 1.165) is 43.2 Å². The number of hydrogen-bond acceptors (Lipinski definition) is 4. The Kier molecular flexibility index (Phi) is 5.67. The van der Waals surface area contributed by atoms with Crippen LogP contribution < -0.4 is 5.32 Å². The lowest BCUT2D eigenvalue weighted by Crippen LogP contribution is -2.32. The van der Waals surface area contributed by atoms with Crippen molar-refractivity contribution in [3.63, 3.8) is 0 Å². The van der Waals surface area contributed by atoms with Gasteiger partial charge in [0, 0.05) is 34.1 Å². The Balaban J connectivity index is 1.52. The van der Waals surface area contributed by atoms with Crippen LogP contribution in [0.3, 0.4) is 0 Å². The highest BCUT2D eigenvalue weighted by Crippen LogP contribution is 2.36. The van der Waals surface area contributed by atoms with Crippen molar-refractivity contribution in [3.8, 4) is 0 Å². The number of carbonyl (C=O) groups is 1. The van der Waals surface area contributed by atoms with Gasteiger partial charge in [-0.15, -0.1) is 11.8 Å². The molecule has 0 bridgehead atoms. The molecule has 0 saturated carbocycles. The molecule has 0 radical (unpaired) electrons. The summed E-state index contributed by atoms with van der Waals surface area (Å²) in [6.45, 7) is 1.43. The zero-order chi connectivity index (χ0) is 17.9. The molecule has 0 spiro atoms. The van der Waals surface area contributed by atoms with Crippen molar-refractivity contribution >= 4 is 40.2 Å². The lowest BCUT2D eigenvalue weighted by molar-refractivity contribution is -0.119. The number of pyridine rings is 1. The Hall–Kier alpha value is -1.30. The molecule has 4 rings (SSSR count). The van der Waals surface area contributed by atoms with Crippen molar-refractivity contribution in [2.75, 3.05) is 18.9 Å². The van der Waals surface area contributed by atoms with Gasteiger partial charge in [-0.25, -0.2) is 0 Å². The first-order chi connectivity index (χ1) is 12.7. The predicted molar refractivity (Wildman–Crippen MR) is 106 cm³/mol. The van der Waals surface area contributed by atoms with E-state index in [0.29, 0.717) is 17.3 Å². The van der Waals surface area contributed by atoms with Crippen LogP contribution in [0.1, 0.15) is 36.9 Å². The van der Waals surface area contributed by atoms with Crippen LogP contribution in [0.4, 0.5) is 0 Å². The highest BCUT2D eigenvalue weighted by molar-refractivity contribution is 8.00. The lowest BCUT2D eigenvalue weighted by atomic mass is 9.94. The molecule has 1 N–H and O–H groups in total. The van der Waals surface area contributed by atoms with E-state index in [4.69, 9.17) is 21.3 Å². The van der Waals surface area contributed by atoms with Crippen molar-refractivity contribution < 1.29 is 9.53 Å². The number of nitrogens with one attached hydrogen (secondary N) is 1. The van der Waals surface area contributed by atoms with Crippen molar-refractivity contribution in [3.05, 3.63) is 34.5 Å². The van der Waals surface area contributed by atoms with Gasteiger partial charge in [-0.05, 0) is 56.2 Å². The van der Waals surface area contributed by atoms with E-state index in [1.807, 2.05) is 18.2 Å². The number of ether oxygens (including phenoxy) is 1. The van der Waals surface area contributed by atoms with Crippen molar-refractivity contribution in [1.82, 2.24) is 10.3 Å². The molecular weight excluding hydrogens is 368 g/mol. The minimum atomic E-state index is 0.0639. The number of fused-ring (bicyclic) bond motifs is 2. The molecule has 1 aliphatic carbocycles. The van der Waals surface area contributed by atoms with Gasteiger partial charge in [-0.2, -0.15) is 0 Å². The van der Waals surface area contributed by atoms with E-state index in [-0.39, 0.29) is 12.0 Å². The maximum Gasteiger partial charge on any atom is 0.230 e. The van der Waals surface area contributed by atoms with Gasteiger partial charge in [-0.3, -0.25) is 9.78 Å². The summed E-state index contributed by atoms with van der Waals surface area (Å²) >= 11 is 7.79.